The molecule has 0 heterocycles. The van der Waals surface area contributed by atoms with Crippen LogP contribution in [0.2, 0.25) is 0 Å². The molecule has 13 heavy (non-hydrogen) atoms. The number of benzene rings is 1. The topological polar surface area (TPSA) is 46.2 Å². The van der Waals surface area contributed by atoms with Gasteiger partial charge in [0, 0.05) is 12.0 Å². The molecule has 70 valence electrons. The molecule has 1 aromatic carbocycles. The summed E-state index contributed by atoms with van der Waals surface area (Å²) < 4.78 is 0. The maximum atomic E-state index is 9.57. The lowest BCUT2D eigenvalue weighted by molar-refractivity contribution is 0.466. The van der Waals surface area contributed by atoms with E-state index >= 15 is 0 Å². The van der Waals surface area contributed by atoms with Gasteiger partial charge in [0.25, 0.3) is 0 Å². The predicted octanol–water partition coefficient (Wildman–Crippen LogP) is 1.82. The fourth-order valence-corrected chi connectivity index (χ4v) is 1.80. The van der Waals surface area contributed by atoms with E-state index in [1.807, 2.05) is 26.0 Å². The molecule has 0 spiro atoms. The molecule has 0 aromatic heterocycles. The highest BCUT2D eigenvalue weighted by atomic mass is 16.3. The van der Waals surface area contributed by atoms with E-state index in [1.54, 1.807) is 0 Å². The Bertz CT molecular complexity index is 323. The Balaban J connectivity index is 2.39. The van der Waals surface area contributed by atoms with Gasteiger partial charge in [-0.1, -0.05) is 12.1 Å². The third-order valence-electron chi connectivity index (χ3n) is 2.78. The van der Waals surface area contributed by atoms with Gasteiger partial charge in [0.05, 0.1) is 0 Å². The Morgan fingerprint density at radius 2 is 1.77 bits per heavy atom. The number of rotatable bonds is 1. The Kier molecular flexibility index (Phi) is 1.81. The standard InChI is InChI=1S/C11H15NO/c1-6-3-8(9-5-10(9)12)4-7(2)11(6)13/h3-4,9-10,13H,5,12H2,1-2H3. The first-order valence-electron chi connectivity index (χ1n) is 4.65. The highest BCUT2D eigenvalue weighted by Crippen LogP contribution is 2.40. The van der Waals surface area contributed by atoms with Crippen LogP contribution in [0.3, 0.4) is 0 Å². The average molecular weight is 177 g/mol. The Morgan fingerprint density at radius 3 is 2.15 bits per heavy atom. The van der Waals surface area contributed by atoms with Gasteiger partial charge in [-0.3, -0.25) is 0 Å². The van der Waals surface area contributed by atoms with Gasteiger partial charge in [0.1, 0.15) is 5.75 Å². The smallest absolute Gasteiger partial charge is 0.121 e. The summed E-state index contributed by atoms with van der Waals surface area (Å²) >= 11 is 0. The van der Waals surface area contributed by atoms with Crippen molar-refractivity contribution in [2.75, 3.05) is 0 Å². The fraction of sp³-hybridized carbons (Fsp3) is 0.455. The molecule has 3 N–H and O–H groups in total. The third kappa shape index (κ3) is 1.42. The van der Waals surface area contributed by atoms with Crippen LogP contribution < -0.4 is 5.73 Å². The highest BCUT2D eigenvalue weighted by Gasteiger charge is 2.35. The van der Waals surface area contributed by atoms with Gasteiger partial charge in [0.2, 0.25) is 0 Å². The van der Waals surface area contributed by atoms with Crippen molar-refractivity contribution in [2.45, 2.75) is 32.2 Å². The zero-order chi connectivity index (χ0) is 9.59. The van der Waals surface area contributed by atoms with Crippen LogP contribution in [0, 0.1) is 13.8 Å². The maximum absolute atomic E-state index is 9.57. The summed E-state index contributed by atoms with van der Waals surface area (Å²) in [4.78, 5) is 0. The van der Waals surface area contributed by atoms with Crippen molar-refractivity contribution in [1.82, 2.24) is 0 Å². The molecule has 1 aromatic rings. The quantitative estimate of drug-likeness (QED) is 0.687. The monoisotopic (exact) mass is 177 g/mol. The van der Waals surface area contributed by atoms with Crippen molar-refractivity contribution in [3.8, 4) is 5.75 Å². The SMILES string of the molecule is Cc1cc(C2CC2N)cc(C)c1O. The number of hydrogen-bond acceptors (Lipinski definition) is 2. The average Bonchev–Trinajstić information content (AvgIpc) is 2.77. The second kappa shape index (κ2) is 2.74. The van der Waals surface area contributed by atoms with E-state index in [0.29, 0.717) is 17.7 Å². The van der Waals surface area contributed by atoms with Crippen molar-refractivity contribution < 1.29 is 5.11 Å². The van der Waals surface area contributed by atoms with E-state index < -0.39 is 0 Å². The number of aromatic hydroxyl groups is 1. The summed E-state index contributed by atoms with van der Waals surface area (Å²) in [6.45, 7) is 3.86. The zero-order valence-electron chi connectivity index (χ0n) is 8.04. The summed E-state index contributed by atoms with van der Waals surface area (Å²) in [5.74, 6) is 0.941. The minimum absolute atomic E-state index is 0.336. The molecular formula is C11H15NO. The molecule has 0 aliphatic heterocycles. The lowest BCUT2D eigenvalue weighted by Gasteiger charge is -2.06. The highest BCUT2D eigenvalue weighted by molar-refractivity contribution is 5.44. The van der Waals surface area contributed by atoms with Crippen LogP contribution in [0.5, 0.6) is 5.75 Å². The van der Waals surface area contributed by atoms with Gasteiger partial charge in [-0.15, -0.1) is 0 Å². The first kappa shape index (κ1) is 8.57. The minimum Gasteiger partial charge on any atom is -0.507 e. The van der Waals surface area contributed by atoms with Crippen LogP contribution in [0.15, 0.2) is 12.1 Å². The van der Waals surface area contributed by atoms with Gasteiger partial charge >= 0.3 is 0 Å². The van der Waals surface area contributed by atoms with E-state index in [9.17, 15) is 5.11 Å². The lowest BCUT2D eigenvalue weighted by atomic mass is 10.0. The van der Waals surface area contributed by atoms with Crippen LogP contribution in [-0.2, 0) is 0 Å². The molecular weight excluding hydrogens is 162 g/mol. The second-order valence-corrected chi connectivity index (χ2v) is 4.01. The van der Waals surface area contributed by atoms with E-state index in [0.717, 1.165) is 17.5 Å². The summed E-state index contributed by atoms with van der Waals surface area (Å²) in [6, 6.07) is 4.42. The molecule has 2 atom stereocenters. The largest absolute Gasteiger partial charge is 0.507 e. The molecule has 0 bridgehead atoms. The summed E-state index contributed by atoms with van der Waals surface area (Å²) in [7, 11) is 0. The Hall–Kier alpha value is -1.02. The molecule has 2 rings (SSSR count). The van der Waals surface area contributed by atoms with Crippen molar-refractivity contribution in [1.29, 1.82) is 0 Å². The van der Waals surface area contributed by atoms with Crippen molar-refractivity contribution in [2.24, 2.45) is 5.73 Å². The van der Waals surface area contributed by atoms with Crippen LogP contribution >= 0.6 is 0 Å². The maximum Gasteiger partial charge on any atom is 0.121 e. The van der Waals surface area contributed by atoms with Crippen molar-refractivity contribution in [3.05, 3.63) is 28.8 Å². The van der Waals surface area contributed by atoms with Crippen LogP contribution in [0.25, 0.3) is 0 Å². The minimum atomic E-state index is 0.336. The predicted molar refractivity (Wildman–Crippen MR) is 52.9 cm³/mol. The normalized spacial score (nSPS) is 26.1. The number of hydrogen-bond donors (Lipinski definition) is 2. The van der Waals surface area contributed by atoms with E-state index in [2.05, 4.69) is 0 Å². The van der Waals surface area contributed by atoms with Crippen LogP contribution in [-0.4, -0.2) is 11.1 Å². The summed E-state index contributed by atoms with van der Waals surface area (Å²) in [5.41, 5.74) is 8.96. The molecule has 0 amide bonds. The fourth-order valence-electron chi connectivity index (χ4n) is 1.80. The second-order valence-electron chi connectivity index (χ2n) is 4.01. The molecule has 1 aliphatic carbocycles. The summed E-state index contributed by atoms with van der Waals surface area (Å²) in [6.07, 6.45) is 1.09. The zero-order valence-corrected chi connectivity index (χ0v) is 8.04. The Labute approximate surface area is 78.4 Å². The van der Waals surface area contributed by atoms with Crippen LogP contribution in [0.1, 0.15) is 29.0 Å². The van der Waals surface area contributed by atoms with Crippen molar-refractivity contribution in [3.63, 3.8) is 0 Å². The molecule has 0 radical (unpaired) electrons. The van der Waals surface area contributed by atoms with Gasteiger partial charge in [0.15, 0.2) is 0 Å². The van der Waals surface area contributed by atoms with Gasteiger partial charge in [-0.25, -0.2) is 0 Å². The van der Waals surface area contributed by atoms with Crippen LogP contribution in [0.4, 0.5) is 0 Å². The first-order valence-corrected chi connectivity index (χ1v) is 4.65. The van der Waals surface area contributed by atoms with Gasteiger partial charge < -0.3 is 10.8 Å². The molecule has 1 aliphatic rings. The number of aryl methyl sites for hydroxylation is 2. The lowest BCUT2D eigenvalue weighted by Crippen LogP contribution is -2.01. The number of phenolic OH excluding ortho intramolecular Hbond substituents is 1. The van der Waals surface area contributed by atoms with E-state index in [-0.39, 0.29) is 0 Å². The number of nitrogens with two attached hydrogens (primary N) is 1. The van der Waals surface area contributed by atoms with Crippen molar-refractivity contribution >= 4 is 0 Å². The molecule has 0 saturated heterocycles. The van der Waals surface area contributed by atoms with Gasteiger partial charge in [-0.2, -0.15) is 0 Å². The Morgan fingerprint density at radius 1 is 1.31 bits per heavy atom. The van der Waals surface area contributed by atoms with E-state index in [1.165, 1.54) is 5.56 Å². The molecule has 2 heteroatoms. The summed E-state index contributed by atoms with van der Waals surface area (Å²) in [5, 5.41) is 9.57. The molecule has 2 unspecified atom stereocenters. The third-order valence-corrected chi connectivity index (χ3v) is 2.78. The molecule has 1 saturated carbocycles. The first-order chi connectivity index (χ1) is 6.09. The molecule has 1 fully saturated rings. The number of phenols is 1. The van der Waals surface area contributed by atoms with E-state index in [4.69, 9.17) is 5.73 Å². The molecule has 2 nitrogen and oxygen atoms in total. The van der Waals surface area contributed by atoms with Gasteiger partial charge in [-0.05, 0) is 37.0 Å².